The van der Waals surface area contributed by atoms with E-state index in [4.69, 9.17) is 9.15 Å². The number of nitrogens with zero attached hydrogens (tertiary/aromatic N) is 1. The first-order valence-electron chi connectivity index (χ1n) is 9.28. The van der Waals surface area contributed by atoms with Gasteiger partial charge in [0.05, 0.1) is 7.11 Å². The lowest BCUT2D eigenvalue weighted by Crippen LogP contribution is -2.58. The molecule has 1 aromatic heterocycles. The Kier molecular flexibility index (Phi) is 4.77. The van der Waals surface area contributed by atoms with Crippen LogP contribution in [0.3, 0.4) is 0 Å². The summed E-state index contributed by atoms with van der Waals surface area (Å²) in [7, 11) is 1.59. The molecule has 4 rings (SSSR count). The average molecular weight is 378 g/mol. The first-order chi connectivity index (χ1) is 13.6. The Hall–Kier alpha value is -3.28. The number of piperazine rings is 1. The number of aryl methyl sites for hydroxylation is 1. The number of rotatable bonds is 4. The van der Waals surface area contributed by atoms with Crippen LogP contribution in [0, 0.1) is 6.92 Å². The predicted octanol–water partition coefficient (Wildman–Crippen LogP) is 2.93. The van der Waals surface area contributed by atoms with Crippen LogP contribution >= 0.6 is 0 Å². The molecular weight excluding hydrogens is 356 g/mol. The second kappa shape index (κ2) is 7.38. The summed E-state index contributed by atoms with van der Waals surface area (Å²) >= 11 is 0. The molecule has 3 aromatic rings. The van der Waals surface area contributed by atoms with E-state index in [2.05, 4.69) is 5.32 Å². The molecule has 0 bridgehead atoms. The van der Waals surface area contributed by atoms with Crippen LogP contribution in [0.4, 0.5) is 0 Å². The molecule has 0 unspecified atom stereocenters. The van der Waals surface area contributed by atoms with Gasteiger partial charge in [-0.1, -0.05) is 30.3 Å². The molecule has 1 fully saturated rings. The fraction of sp³-hybridized carbons (Fsp3) is 0.273. The number of benzene rings is 2. The van der Waals surface area contributed by atoms with Crippen LogP contribution in [0.15, 0.2) is 52.9 Å². The minimum Gasteiger partial charge on any atom is -0.497 e. The number of amides is 2. The zero-order chi connectivity index (χ0) is 19.7. The fourth-order valence-corrected chi connectivity index (χ4v) is 3.67. The van der Waals surface area contributed by atoms with Crippen LogP contribution in [-0.2, 0) is 11.2 Å². The molecule has 0 saturated carbocycles. The van der Waals surface area contributed by atoms with Crippen molar-refractivity contribution >= 4 is 22.8 Å². The molecule has 144 valence electrons. The molecule has 6 heteroatoms. The molecule has 1 saturated heterocycles. The van der Waals surface area contributed by atoms with E-state index >= 15 is 0 Å². The van der Waals surface area contributed by atoms with Gasteiger partial charge in [0.15, 0.2) is 5.76 Å². The Morgan fingerprint density at radius 3 is 2.79 bits per heavy atom. The zero-order valence-electron chi connectivity index (χ0n) is 15.9. The number of ether oxygens (including phenoxy) is 1. The Labute approximate surface area is 163 Å². The van der Waals surface area contributed by atoms with Gasteiger partial charge < -0.3 is 19.4 Å². The molecule has 1 aliphatic heterocycles. The maximum atomic E-state index is 13.3. The third-order valence-electron chi connectivity index (χ3n) is 5.20. The monoisotopic (exact) mass is 378 g/mol. The Morgan fingerprint density at radius 2 is 2.04 bits per heavy atom. The van der Waals surface area contributed by atoms with Crippen LogP contribution in [0.5, 0.6) is 5.75 Å². The average Bonchev–Trinajstić information content (AvgIpc) is 3.05. The van der Waals surface area contributed by atoms with Gasteiger partial charge in [-0.25, -0.2) is 0 Å². The quantitative estimate of drug-likeness (QED) is 0.758. The van der Waals surface area contributed by atoms with Crippen LogP contribution < -0.4 is 10.1 Å². The number of carbonyl (C=O) groups excluding carboxylic acids is 2. The van der Waals surface area contributed by atoms with E-state index < -0.39 is 6.04 Å². The van der Waals surface area contributed by atoms with Crippen molar-refractivity contribution in [2.24, 2.45) is 0 Å². The Morgan fingerprint density at radius 1 is 1.25 bits per heavy atom. The lowest BCUT2D eigenvalue weighted by atomic mass is 10.0. The van der Waals surface area contributed by atoms with Gasteiger partial charge in [0.1, 0.15) is 17.4 Å². The maximum Gasteiger partial charge on any atom is 0.290 e. The molecule has 0 aliphatic carbocycles. The van der Waals surface area contributed by atoms with E-state index in [1.165, 1.54) is 0 Å². The zero-order valence-corrected chi connectivity index (χ0v) is 15.9. The van der Waals surface area contributed by atoms with Gasteiger partial charge in [-0.2, -0.15) is 0 Å². The molecular formula is C22H22N2O4. The first-order valence-corrected chi connectivity index (χ1v) is 9.28. The van der Waals surface area contributed by atoms with Crippen molar-refractivity contribution < 1.29 is 18.7 Å². The summed E-state index contributed by atoms with van der Waals surface area (Å²) in [4.78, 5) is 27.5. The largest absolute Gasteiger partial charge is 0.497 e. The summed E-state index contributed by atoms with van der Waals surface area (Å²) in [6.07, 6.45) is 0.464. The van der Waals surface area contributed by atoms with Gasteiger partial charge in [0, 0.05) is 36.5 Å². The van der Waals surface area contributed by atoms with Crippen molar-refractivity contribution in [3.05, 3.63) is 65.4 Å². The van der Waals surface area contributed by atoms with Gasteiger partial charge in [-0.15, -0.1) is 0 Å². The maximum absolute atomic E-state index is 13.3. The lowest BCUT2D eigenvalue weighted by molar-refractivity contribution is -0.127. The van der Waals surface area contributed by atoms with Gasteiger partial charge in [-0.05, 0) is 24.6 Å². The van der Waals surface area contributed by atoms with E-state index in [9.17, 15) is 9.59 Å². The first kappa shape index (κ1) is 18.1. The smallest absolute Gasteiger partial charge is 0.290 e. The molecule has 1 aliphatic rings. The van der Waals surface area contributed by atoms with Gasteiger partial charge in [0.2, 0.25) is 5.91 Å². The van der Waals surface area contributed by atoms with Crippen molar-refractivity contribution in [3.63, 3.8) is 0 Å². The van der Waals surface area contributed by atoms with Gasteiger partial charge in [-0.3, -0.25) is 9.59 Å². The van der Waals surface area contributed by atoms with Gasteiger partial charge >= 0.3 is 0 Å². The van der Waals surface area contributed by atoms with E-state index in [-0.39, 0.29) is 17.6 Å². The van der Waals surface area contributed by atoms with E-state index in [0.717, 1.165) is 16.5 Å². The van der Waals surface area contributed by atoms with Crippen molar-refractivity contribution in [2.75, 3.05) is 20.2 Å². The number of methoxy groups -OCH3 is 1. The standard InChI is InChI=1S/C22H22N2O4/c1-14-17-9-8-16(27-2)13-19(17)28-20(14)22(26)24-11-10-23-21(25)18(24)12-15-6-4-3-5-7-15/h3-9,13,18H,10-12H2,1-2H3,(H,23,25)/t18-/m0/s1. The normalized spacial score (nSPS) is 16.9. The predicted molar refractivity (Wildman–Crippen MR) is 105 cm³/mol. The topological polar surface area (TPSA) is 71.8 Å². The van der Waals surface area contributed by atoms with Crippen LogP contribution in [0.25, 0.3) is 11.0 Å². The summed E-state index contributed by atoms with van der Waals surface area (Å²) < 4.78 is 11.1. The third kappa shape index (κ3) is 3.22. The minimum atomic E-state index is -0.564. The van der Waals surface area contributed by atoms with Gasteiger partial charge in [0.25, 0.3) is 5.91 Å². The van der Waals surface area contributed by atoms with Crippen molar-refractivity contribution in [3.8, 4) is 5.75 Å². The highest BCUT2D eigenvalue weighted by Crippen LogP contribution is 2.30. The van der Waals surface area contributed by atoms with E-state index in [0.29, 0.717) is 30.8 Å². The van der Waals surface area contributed by atoms with Crippen LogP contribution in [-0.4, -0.2) is 43.0 Å². The number of fused-ring (bicyclic) bond motifs is 1. The third-order valence-corrected chi connectivity index (χ3v) is 5.20. The lowest BCUT2D eigenvalue weighted by Gasteiger charge is -2.34. The number of furan rings is 1. The Bertz CT molecular complexity index is 1030. The highest BCUT2D eigenvalue weighted by molar-refractivity contribution is 6.01. The van der Waals surface area contributed by atoms with Crippen LogP contribution in [0.1, 0.15) is 21.7 Å². The molecule has 2 aromatic carbocycles. The molecule has 28 heavy (non-hydrogen) atoms. The molecule has 0 radical (unpaired) electrons. The van der Waals surface area contributed by atoms with Crippen molar-refractivity contribution in [1.82, 2.24) is 10.2 Å². The summed E-state index contributed by atoms with van der Waals surface area (Å²) in [5, 5.41) is 3.73. The Balaban J connectivity index is 1.67. The highest BCUT2D eigenvalue weighted by Gasteiger charge is 2.35. The number of nitrogens with one attached hydrogen (secondary N) is 1. The molecule has 1 N–H and O–H groups in total. The summed E-state index contributed by atoms with van der Waals surface area (Å²) in [5.41, 5.74) is 2.38. The second-order valence-electron chi connectivity index (χ2n) is 6.91. The van der Waals surface area contributed by atoms with Crippen molar-refractivity contribution in [1.29, 1.82) is 0 Å². The fourth-order valence-electron chi connectivity index (χ4n) is 3.67. The van der Waals surface area contributed by atoms with Crippen LogP contribution in [0.2, 0.25) is 0 Å². The molecule has 1 atom stereocenters. The molecule has 0 spiro atoms. The highest BCUT2D eigenvalue weighted by atomic mass is 16.5. The number of hydrogen-bond donors (Lipinski definition) is 1. The minimum absolute atomic E-state index is 0.140. The SMILES string of the molecule is COc1ccc2c(C)c(C(=O)N3CCNC(=O)[C@@H]3Cc3ccccc3)oc2c1. The summed E-state index contributed by atoms with van der Waals surface area (Å²) in [6, 6.07) is 14.6. The molecule has 2 amide bonds. The second-order valence-corrected chi connectivity index (χ2v) is 6.91. The number of hydrogen-bond acceptors (Lipinski definition) is 4. The van der Waals surface area contributed by atoms with Crippen molar-refractivity contribution in [2.45, 2.75) is 19.4 Å². The van der Waals surface area contributed by atoms with E-state index in [1.807, 2.05) is 49.4 Å². The van der Waals surface area contributed by atoms with E-state index in [1.54, 1.807) is 18.1 Å². The summed E-state index contributed by atoms with van der Waals surface area (Å²) in [5.74, 6) is 0.540. The molecule has 2 heterocycles. The molecule has 6 nitrogen and oxygen atoms in total. The number of carbonyl (C=O) groups is 2. The summed E-state index contributed by atoms with van der Waals surface area (Å²) in [6.45, 7) is 2.74.